The van der Waals surface area contributed by atoms with Gasteiger partial charge in [-0.2, -0.15) is 0 Å². The zero-order chi connectivity index (χ0) is 10.8. The van der Waals surface area contributed by atoms with Crippen molar-refractivity contribution in [3.05, 3.63) is 0 Å². The van der Waals surface area contributed by atoms with Crippen molar-refractivity contribution in [2.75, 3.05) is 13.1 Å². The highest BCUT2D eigenvalue weighted by molar-refractivity contribution is 5.79. The SMILES string of the molecule is CC(C(=O)N[C@@H]1CCNC1)C(C)(F)F. The van der Waals surface area contributed by atoms with E-state index in [0.29, 0.717) is 6.54 Å². The third-order valence-electron chi connectivity index (χ3n) is 2.56. The van der Waals surface area contributed by atoms with Gasteiger partial charge in [-0.25, -0.2) is 8.78 Å². The monoisotopic (exact) mass is 206 g/mol. The summed E-state index contributed by atoms with van der Waals surface area (Å²) in [5.74, 6) is -4.77. The summed E-state index contributed by atoms with van der Waals surface area (Å²) in [6.07, 6.45) is 0.813. The number of rotatable bonds is 3. The second kappa shape index (κ2) is 4.21. The lowest BCUT2D eigenvalue weighted by Crippen LogP contribution is -2.44. The molecule has 1 rings (SSSR count). The molecule has 0 aromatic heterocycles. The highest BCUT2D eigenvalue weighted by atomic mass is 19.3. The Hall–Kier alpha value is -0.710. The van der Waals surface area contributed by atoms with Gasteiger partial charge in [-0.15, -0.1) is 0 Å². The Morgan fingerprint density at radius 3 is 2.71 bits per heavy atom. The number of carbonyl (C=O) groups excluding carboxylic acids is 1. The van der Waals surface area contributed by atoms with E-state index < -0.39 is 17.7 Å². The Bertz CT molecular complexity index is 209. The molecule has 0 bridgehead atoms. The predicted octanol–water partition coefficient (Wildman–Crippen LogP) is 0.756. The minimum Gasteiger partial charge on any atom is -0.352 e. The summed E-state index contributed by atoms with van der Waals surface area (Å²) in [5, 5.41) is 5.66. The van der Waals surface area contributed by atoms with E-state index in [1.54, 1.807) is 0 Å². The molecule has 0 saturated carbocycles. The van der Waals surface area contributed by atoms with E-state index in [4.69, 9.17) is 0 Å². The Balaban J connectivity index is 2.41. The van der Waals surface area contributed by atoms with Crippen LogP contribution in [0.4, 0.5) is 8.78 Å². The van der Waals surface area contributed by atoms with E-state index in [1.165, 1.54) is 6.92 Å². The molecule has 1 saturated heterocycles. The molecule has 0 aromatic carbocycles. The number of hydrogen-bond acceptors (Lipinski definition) is 2. The van der Waals surface area contributed by atoms with Gasteiger partial charge in [0.2, 0.25) is 5.91 Å². The van der Waals surface area contributed by atoms with Crippen LogP contribution in [-0.2, 0) is 4.79 Å². The van der Waals surface area contributed by atoms with Gasteiger partial charge in [-0.3, -0.25) is 4.79 Å². The summed E-state index contributed by atoms with van der Waals surface area (Å²) < 4.78 is 25.5. The maximum atomic E-state index is 12.8. The summed E-state index contributed by atoms with van der Waals surface area (Å²) in [7, 11) is 0. The Labute approximate surface area is 82.2 Å². The van der Waals surface area contributed by atoms with Gasteiger partial charge in [-0.05, 0) is 19.9 Å². The van der Waals surface area contributed by atoms with Crippen LogP contribution in [0.2, 0.25) is 0 Å². The molecular formula is C9H16F2N2O. The van der Waals surface area contributed by atoms with Crippen molar-refractivity contribution in [2.24, 2.45) is 5.92 Å². The number of nitrogens with one attached hydrogen (secondary N) is 2. The first kappa shape index (κ1) is 11.4. The van der Waals surface area contributed by atoms with E-state index >= 15 is 0 Å². The van der Waals surface area contributed by atoms with Crippen LogP contribution in [0, 0.1) is 5.92 Å². The molecule has 1 unspecified atom stereocenters. The smallest absolute Gasteiger partial charge is 0.256 e. The second-order valence-corrected chi connectivity index (χ2v) is 3.88. The van der Waals surface area contributed by atoms with Gasteiger partial charge < -0.3 is 10.6 Å². The average Bonchev–Trinajstić information content (AvgIpc) is 2.53. The minimum absolute atomic E-state index is 0.00676. The predicted molar refractivity (Wildman–Crippen MR) is 49.2 cm³/mol. The fourth-order valence-electron chi connectivity index (χ4n) is 1.33. The van der Waals surface area contributed by atoms with Crippen LogP contribution in [0.5, 0.6) is 0 Å². The summed E-state index contributed by atoms with van der Waals surface area (Å²) in [6.45, 7) is 3.53. The number of carbonyl (C=O) groups is 1. The van der Waals surface area contributed by atoms with Crippen molar-refractivity contribution in [2.45, 2.75) is 32.2 Å². The standard InChI is InChI=1S/C9H16F2N2O/c1-6(9(2,10)11)8(14)13-7-3-4-12-5-7/h6-7,12H,3-5H2,1-2H3,(H,13,14)/t6?,7-/m1/s1. The number of halogens is 2. The molecule has 1 aliphatic rings. The molecule has 0 aromatic rings. The lowest BCUT2D eigenvalue weighted by Gasteiger charge is -2.20. The van der Waals surface area contributed by atoms with Crippen molar-refractivity contribution >= 4 is 5.91 Å². The maximum absolute atomic E-state index is 12.8. The topological polar surface area (TPSA) is 41.1 Å². The Kier molecular flexibility index (Phi) is 3.42. The first-order chi connectivity index (χ1) is 6.41. The quantitative estimate of drug-likeness (QED) is 0.715. The normalized spacial score (nSPS) is 24.7. The highest BCUT2D eigenvalue weighted by Gasteiger charge is 2.36. The number of amides is 1. The van der Waals surface area contributed by atoms with Gasteiger partial charge in [0.1, 0.15) is 0 Å². The lowest BCUT2D eigenvalue weighted by atomic mass is 10.0. The average molecular weight is 206 g/mol. The van der Waals surface area contributed by atoms with Crippen LogP contribution < -0.4 is 10.6 Å². The minimum atomic E-state index is -2.95. The van der Waals surface area contributed by atoms with Crippen LogP contribution in [0.15, 0.2) is 0 Å². The molecule has 3 nitrogen and oxygen atoms in total. The first-order valence-electron chi connectivity index (χ1n) is 4.80. The van der Waals surface area contributed by atoms with E-state index in [0.717, 1.165) is 19.9 Å². The summed E-state index contributed by atoms with van der Waals surface area (Å²) in [5.41, 5.74) is 0. The largest absolute Gasteiger partial charge is 0.352 e. The molecule has 1 aliphatic heterocycles. The summed E-state index contributed by atoms with van der Waals surface area (Å²) in [6, 6.07) is 0.00676. The lowest BCUT2D eigenvalue weighted by molar-refractivity contribution is -0.136. The van der Waals surface area contributed by atoms with Crippen molar-refractivity contribution < 1.29 is 13.6 Å². The molecule has 82 valence electrons. The molecule has 1 heterocycles. The van der Waals surface area contributed by atoms with Crippen LogP contribution in [0.1, 0.15) is 20.3 Å². The van der Waals surface area contributed by atoms with Gasteiger partial charge in [0.05, 0.1) is 5.92 Å². The maximum Gasteiger partial charge on any atom is 0.256 e. The van der Waals surface area contributed by atoms with Crippen LogP contribution >= 0.6 is 0 Å². The van der Waals surface area contributed by atoms with E-state index in [2.05, 4.69) is 10.6 Å². The van der Waals surface area contributed by atoms with Gasteiger partial charge in [0.25, 0.3) is 5.92 Å². The third-order valence-corrected chi connectivity index (χ3v) is 2.56. The van der Waals surface area contributed by atoms with Crippen LogP contribution in [0.3, 0.4) is 0 Å². The Morgan fingerprint density at radius 2 is 2.29 bits per heavy atom. The van der Waals surface area contributed by atoms with Gasteiger partial charge >= 0.3 is 0 Å². The van der Waals surface area contributed by atoms with Crippen LogP contribution in [0.25, 0.3) is 0 Å². The fourth-order valence-corrected chi connectivity index (χ4v) is 1.33. The molecule has 0 radical (unpaired) electrons. The van der Waals surface area contributed by atoms with Crippen LogP contribution in [-0.4, -0.2) is 31.0 Å². The third kappa shape index (κ3) is 2.90. The van der Waals surface area contributed by atoms with Crippen molar-refractivity contribution in [1.29, 1.82) is 0 Å². The number of hydrogen-bond donors (Lipinski definition) is 2. The van der Waals surface area contributed by atoms with Crippen molar-refractivity contribution in [3.63, 3.8) is 0 Å². The summed E-state index contributed by atoms with van der Waals surface area (Å²) >= 11 is 0. The van der Waals surface area contributed by atoms with Gasteiger partial charge in [0, 0.05) is 19.5 Å². The molecule has 2 atom stereocenters. The zero-order valence-corrected chi connectivity index (χ0v) is 8.44. The van der Waals surface area contributed by atoms with Crippen molar-refractivity contribution in [1.82, 2.24) is 10.6 Å². The second-order valence-electron chi connectivity index (χ2n) is 3.88. The van der Waals surface area contributed by atoms with E-state index in [9.17, 15) is 13.6 Å². The van der Waals surface area contributed by atoms with Crippen molar-refractivity contribution in [3.8, 4) is 0 Å². The first-order valence-corrected chi connectivity index (χ1v) is 4.80. The van der Waals surface area contributed by atoms with Gasteiger partial charge in [0.15, 0.2) is 0 Å². The van der Waals surface area contributed by atoms with E-state index in [-0.39, 0.29) is 6.04 Å². The molecule has 0 spiro atoms. The molecular weight excluding hydrogens is 190 g/mol. The molecule has 1 amide bonds. The molecule has 1 fully saturated rings. The zero-order valence-electron chi connectivity index (χ0n) is 8.44. The molecule has 2 N–H and O–H groups in total. The molecule has 5 heteroatoms. The highest BCUT2D eigenvalue weighted by Crippen LogP contribution is 2.23. The number of alkyl halides is 2. The molecule has 0 aliphatic carbocycles. The Morgan fingerprint density at radius 1 is 1.64 bits per heavy atom. The fraction of sp³-hybridized carbons (Fsp3) is 0.889. The molecule has 14 heavy (non-hydrogen) atoms. The van der Waals surface area contributed by atoms with Gasteiger partial charge in [-0.1, -0.05) is 0 Å². The van der Waals surface area contributed by atoms with E-state index in [1.807, 2.05) is 0 Å². The summed E-state index contributed by atoms with van der Waals surface area (Å²) in [4.78, 5) is 11.3.